The van der Waals surface area contributed by atoms with Crippen LogP contribution in [0.2, 0.25) is 0 Å². The Labute approximate surface area is 101 Å². The van der Waals surface area contributed by atoms with E-state index in [-0.39, 0.29) is 5.92 Å². The van der Waals surface area contributed by atoms with Crippen molar-refractivity contribution in [3.63, 3.8) is 0 Å². The molecular formula is C9H19NO6S. The Morgan fingerprint density at radius 3 is 2.12 bits per heavy atom. The van der Waals surface area contributed by atoms with Gasteiger partial charge in [-0.25, -0.2) is 4.79 Å². The second kappa shape index (κ2) is 7.59. The number of carbonyl (C=O) groups excluding carboxylic acids is 1. The Bertz CT molecular complexity index is 312. The predicted molar refractivity (Wildman–Crippen MR) is 61.0 cm³/mol. The highest BCUT2D eigenvalue weighted by Gasteiger charge is 2.25. The maximum atomic E-state index is 10.9. The standard InChI is InChI=1S/C8H15NO3.CH4O3S/c1-2-9-5-3-7(4-6-9)8(10)12-11;1-5(2,3)4/h7,11H,2-6H2,1H3;1H3,(H,2,3,4). The topological polar surface area (TPSA) is 104 Å². The molecule has 0 aromatic rings. The quantitative estimate of drug-likeness (QED) is 0.420. The van der Waals surface area contributed by atoms with Crippen molar-refractivity contribution in [1.29, 1.82) is 0 Å². The van der Waals surface area contributed by atoms with Gasteiger partial charge in [0.05, 0.1) is 12.2 Å². The van der Waals surface area contributed by atoms with E-state index in [1.165, 1.54) is 0 Å². The van der Waals surface area contributed by atoms with Crippen molar-refractivity contribution >= 4 is 16.1 Å². The molecule has 0 aromatic carbocycles. The molecule has 1 fully saturated rings. The van der Waals surface area contributed by atoms with Crippen molar-refractivity contribution < 1.29 is 27.9 Å². The minimum atomic E-state index is -3.67. The molecule has 1 heterocycles. The average Bonchev–Trinajstić information content (AvgIpc) is 2.26. The number of piperidine rings is 1. The highest BCUT2D eigenvalue weighted by molar-refractivity contribution is 7.85. The number of carbonyl (C=O) groups is 1. The van der Waals surface area contributed by atoms with Crippen molar-refractivity contribution in [2.75, 3.05) is 25.9 Å². The second-order valence-corrected chi connectivity index (χ2v) is 5.32. The van der Waals surface area contributed by atoms with E-state index in [2.05, 4.69) is 16.7 Å². The lowest BCUT2D eigenvalue weighted by molar-refractivity contribution is -0.240. The first-order valence-corrected chi connectivity index (χ1v) is 7.12. The van der Waals surface area contributed by atoms with Crippen molar-refractivity contribution in [3.05, 3.63) is 0 Å². The molecular weight excluding hydrogens is 250 g/mol. The summed E-state index contributed by atoms with van der Waals surface area (Å²) in [5.74, 6) is -0.580. The van der Waals surface area contributed by atoms with Crippen LogP contribution < -0.4 is 0 Å². The van der Waals surface area contributed by atoms with Crippen LogP contribution in [0, 0.1) is 5.92 Å². The first-order valence-electron chi connectivity index (χ1n) is 5.28. The fraction of sp³-hybridized carbons (Fsp3) is 0.889. The molecule has 17 heavy (non-hydrogen) atoms. The van der Waals surface area contributed by atoms with Gasteiger partial charge in [0.1, 0.15) is 0 Å². The van der Waals surface area contributed by atoms with Crippen LogP contribution in [-0.2, 0) is 19.8 Å². The Hall–Kier alpha value is -0.700. The van der Waals surface area contributed by atoms with Crippen molar-refractivity contribution in [3.8, 4) is 0 Å². The smallest absolute Gasteiger partial charge is 0.304 e. The Morgan fingerprint density at radius 2 is 1.82 bits per heavy atom. The monoisotopic (exact) mass is 269 g/mol. The highest BCUT2D eigenvalue weighted by Crippen LogP contribution is 2.17. The van der Waals surface area contributed by atoms with Gasteiger partial charge >= 0.3 is 5.97 Å². The van der Waals surface area contributed by atoms with E-state index >= 15 is 0 Å². The molecule has 1 aliphatic rings. The van der Waals surface area contributed by atoms with E-state index in [4.69, 9.17) is 9.81 Å². The molecule has 2 N–H and O–H groups in total. The largest absolute Gasteiger partial charge is 0.345 e. The van der Waals surface area contributed by atoms with Gasteiger partial charge in [-0.1, -0.05) is 6.92 Å². The first kappa shape index (κ1) is 16.3. The fourth-order valence-corrected chi connectivity index (χ4v) is 1.56. The molecule has 0 aliphatic carbocycles. The van der Waals surface area contributed by atoms with E-state index in [0.29, 0.717) is 6.26 Å². The van der Waals surface area contributed by atoms with Gasteiger partial charge in [0, 0.05) is 0 Å². The van der Waals surface area contributed by atoms with E-state index < -0.39 is 16.1 Å². The summed E-state index contributed by atoms with van der Waals surface area (Å²) >= 11 is 0. The minimum Gasteiger partial charge on any atom is -0.304 e. The third kappa shape index (κ3) is 9.04. The second-order valence-electron chi connectivity index (χ2n) is 3.85. The summed E-state index contributed by atoms with van der Waals surface area (Å²) in [6, 6.07) is 0. The molecule has 0 unspecified atom stereocenters. The summed E-state index contributed by atoms with van der Waals surface area (Å²) in [6.07, 6.45) is 2.31. The first-order chi connectivity index (χ1) is 7.77. The van der Waals surface area contributed by atoms with Crippen LogP contribution in [0.1, 0.15) is 19.8 Å². The van der Waals surface area contributed by atoms with Crippen molar-refractivity contribution in [1.82, 2.24) is 4.90 Å². The lowest BCUT2D eigenvalue weighted by Gasteiger charge is -2.28. The molecule has 0 bridgehead atoms. The Kier molecular flexibility index (Phi) is 7.28. The van der Waals surface area contributed by atoms with E-state index in [1.54, 1.807) is 0 Å². The molecule has 0 spiro atoms. The van der Waals surface area contributed by atoms with Crippen LogP contribution in [0.4, 0.5) is 0 Å². The normalized spacial score (nSPS) is 18.1. The summed E-state index contributed by atoms with van der Waals surface area (Å²) in [4.78, 5) is 16.9. The lowest BCUT2D eigenvalue weighted by Crippen LogP contribution is -2.36. The molecule has 0 saturated carbocycles. The molecule has 0 radical (unpaired) electrons. The molecule has 0 atom stereocenters. The third-order valence-electron chi connectivity index (χ3n) is 2.46. The van der Waals surface area contributed by atoms with Crippen LogP contribution in [0.15, 0.2) is 0 Å². The van der Waals surface area contributed by atoms with Gasteiger partial charge in [-0.05, 0) is 32.5 Å². The molecule has 7 nitrogen and oxygen atoms in total. The zero-order chi connectivity index (χ0) is 13.5. The van der Waals surface area contributed by atoms with Crippen LogP contribution in [0.25, 0.3) is 0 Å². The minimum absolute atomic E-state index is 0.0993. The number of hydrogen-bond acceptors (Lipinski definition) is 6. The molecule has 1 saturated heterocycles. The molecule has 0 aromatic heterocycles. The SMILES string of the molecule is CCN1CCC(C(=O)OO)CC1.CS(=O)(=O)O. The van der Waals surface area contributed by atoms with Gasteiger partial charge < -0.3 is 9.79 Å². The van der Waals surface area contributed by atoms with Gasteiger partial charge in [0.25, 0.3) is 10.1 Å². The third-order valence-corrected chi connectivity index (χ3v) is 2.46. The Balaban J connectivity index is 0.000000437. The van der Waals surface area contributed by atoms with Crippen LogP contribution in [0.3, 0.4) is 0 Å². The molecule has 1 rings (SSSR count). The van der Waals surface area contributed by atoms with Crippen LogP contribution in [-0.4, -0.2) is 55.0 Å². The molecule has 8 heteroatoms. The predicted octanol–water partition coefficient (Wildman–Crippen LogP) is 0.239. The number of rotatable bonds is 2. The zero-order valence-electron chi connectivity index (χ0n) is 10.00. The van der Waals surface area contributed by atoms with Crippen LogP contribution in [0.5, 0.6) is 0 Å². The van der Waals surface area contributed by atoms with Gasteiger partial charge in [0.15, 0.2) is 0 Å². The lowest BCUT2D eigenvalue weighted by atomic mass is 9.97. The zero-order valence-corrected chi connectivity index (χ0v) is 10.8. The average molecular weight is 269 g/mol. The Morgan fingerprint density at radius 1 is 1.41 bits per heavy atom. The van der Waals surface area contributed by atoms with Gasteiger partial charge in [-0.2, -0.15) is 13.7 Å². The summed E-state index contributed by atoms with van der Waals surface area (Å²) in [6.45, 7) is 4.98. The number of nitrogens with zero attached hydrogens (tertiary/aromatic N) is 1. The summed E-state index contributed by atoms with van der Waals surface area (Å²) in [5, 5.41) is 8.15. The maximum Gasteiger partial charge on any atom is 0.345 e. The van der Waals surface area contributed by atoms with Crippen molar-refractivity contribution in [2.45, 2.75) is 19.8 Å². The van der Waals surface area contributed by atoms with Gasteiger partial charge in [0.2, 0.25) is 0 Å². The van der Waals surface area contributed by atoms with E-state index in [9.17, 15) is 13.2 Å². The van der Waals surface area contributed by atoms with E-state index in [1.807, 2.05) is 0 Å². The maximum absolute atomic E-state index is 10.9. The fourth-order valence-electron chi connectivity index (χ4n) is 1.56. The highest BCUT2D eigenvalue weighted by atomic mass is 32.2. The van der Waals surface area contributed by atoms with E-state index in [0.717, 1.165) is 32.5 Å². The summed E-state index contributed by atoms with van der Waals surface area (Å²) in [5.41, 5.74) is 0. The molecule has 102 valence electrons. The summed E-state index contributed by atoms with van der Waals surface area (Å²) in [7, 11) is -3.67. The number of hydrogen-bond donors (Lipinski definition) is 2. The number of likely N-dealkylation sites (tertiary alicyclic amines) is 1. The van der Waals surface area contributed by atoms with Crippen molar-refractivity contribution in [2.24, 2.45) is 5.92 Å². The summed E-state index contributed by atoms with van der Waals surface area (Å²) < 4.78 is 25.9. The van der Waals surface area contributed by atoms with Crippen LogP contribution >= 0.6 is 0 Å². The van der Waals surface area contributed by atoms with Gasteiger partial charge in [-0.3, -0.25) is 4.55 Å². The molecule has 0 amide bonds. The molecule has 1 aliphatic heterocycles. The van der Waals surface area contributed by atoms with Gasteiger partial charge in [-0.15, -0.1) is 0 Å².